The Hall–Kier alpha value is -1.33. The second-order valence-electron chi connectivity index (χ2n) is 5.23. The highest BCUT2D eigenvalue weighted by molar-refractivity contribution is 6.18. The highest BCUT2D eigenvalue weighted by Gasteiger charge is 2.41. The van der Waals surface area contributed by atoms with E-state index in [1.165, 1.54) is 0 Å². The van der Waals surface area contributed by atoms with Crippen LogP contribution in [0.25, 0.3) is 0 Å². The molecule has 0 radical (unpaired) electrons. The molecule has 0 aliphatic carbocycles. The van der Waals surface area contributed by atoms with Crippen LogP contribution in [0.3, 0.4) is 0 Å². The van der Waals surface area contributed by atoms with Crippen LogP contribution in [0.1, 0.15) is 35.2 Å². The van der Waals surface area contributed by atoms with Crippen molar-refractivity contribution in [2.75, 3.05) is 13.2 Å². The van der Waals surface area contributed by atoms with Crippen LogP contribution in [0.15, 0.2) is 24.3 Å². The Balaban J connectivity index is 1.72. The van der Waals surface area contributed by atoms with Crippen LogP contribution in [-0.4, -0.2) is 33.3 Å². The first-order chi connectivity index (χ1) is 9.19. The molecule has 0 amide bonds. The maximum absolute atomic E-state index is 11.8. The van der Waals surface area contributed by atoms with Crippen LogP contribution < -0.4 is 0 Å². The van der Waals surface area contributed by atoms with Crippen molar-refractivity contribution in [3.63, 3.8) is 0 Å². The molecule has 1 unspecified atom stereocenters. The zero-order valence-corrected chi connectivity index (χ0v) is 11.1. The number of hydrogen-bond donors (Lipinski definition) is 0. The Morgan fingerprint density at radius 1 is 1.26 bits per heavy atom. The van der Waals surface area contributed by atoms with Gasteiger partial charge in [-0.15, -0.1) is 0 Å². The molecule has 2 aliphatic heterocycles. The van der Waals surface area contributed by atoms with E-state index in [0.29, 0.717) is 12.0 Å². The lowest BCUT2D eigenvalue weighted by Crippen LogP contribution is -2.31. The Labute approximate surface area is 113 Å². The van der Waals surface area contributed by atoms with E-state index in [1.54, 1.807) is 0 Å². The van der Waals surface area contributed by atoms with Crippen LogP contribution in [0, 0.1) is 0 Å². The van der Waals surface area contributed by atoms with Crippen molar-refractivity contribution in [1.82, 2.24) is 0 Å². The van der Waals surface area contributed by atoms with Gasteiger partial charge >= 0.3 is 5.97 Å². The van der Waals surface area contributed by atoms with Crippen molar-refractivity contribution < 1.29 is 19.0 Å². The normalized spacial score (nSPS) is 27.1. The third-order valence-electron chi connectivity index (χ3n) is 3.79. The third kappa shape index (κ3) is 2.40. The molecule has 3 rings (SSSR count). The summed E-state index contributed by atoms with van der Waals surface area (Å²) in [5.41, 5.74) is 1.09. The molecule has 0 spiro atoms. The minimum absolute atomic E-state index is 0.169. The summed E-state index contributed by atoms with van der Waals surface area (Å²) < 4.78 is 16.6. The maximum atomic E-state index is 11.8. The van der Waals surface area contributed by atoms with E-state index in [0.717, 1.165) is 31.6 Å². The number of carbonyl (C=O) groups excluding carboxylic acids is 1. The van der Waals surface area contributed by atoms with Gasteiger partial charge in [-0.25, -0.2) is 4.79 Å². The number of ether oxygens (including phenoxy) is 3. The van der Waals surface area contributed by atoms with Gasteiger partial charge in [0.1, 0.15) is 5.50 Å². The second kappa shape index (κ2) is 4.98. The van der Waals surface area contributed by atoms with Crippen LogP contribution >= 0.6 is 0 Å². The first-order valence-electron chi connectivity index (χ1n) is 6.75. The van der Waals surface area contributed by atoms with Crippen molar-refractivity contribution in [3.8, 4) is 0 Å². The van der Waals surface area contributed by atoms with Gasteiger partial charge in [-0.05, 0) is 18.9 Å². The third-order valence-corrected chi connectivity index (χ3v) is 3.79. The number of carbonyl (C=O) groups is 1. The van der Waals surface area contributed by atoms with Gasteiger partial charge in [0, 0.05) is 12.0 Å². The van der Waals surface area contributed by atoms with Gasteiger partial charge in [0.15, 0.2) is 14.1 Å². The lowest BCUT2D eigenvalue weighted by atomic mass is 9.72. The number of hydrogen-bond acceptors (Lipinski definition) is 4. The average Bonchev–Trinajstić information content (AvgIpc) is 2.71. The van der Waals surface area contributed by atoms with Crippen LogP contribution in [-0.2, 0) is 19.7 Å². The van der Waals surface area contributed by atoms with Gasteiger partial charge in [-0.2, -0.15) is 0 Å². The van der Waals surface area contributed by atoms with Gasteiger partial charge in [0.25, 0.3) is 0 Å². The summed E-state index contributed by atoms with van der Waals surface area (Å²) in [4.78, 5) is 11.8. The monoisotopic (exact) mass is 260 g/mol. The Morgan fingerprint density at radius 3 is 2.79 bits per heavy atom. The molecule has 19 heavy (non-hydrogen) atoms. The molecule has 5 heteroatoms. The van der Waals surface area contributed by atoms with Gasteiger partial charge in [0.05, 0.1) is 18.8 Å². The fourth-order valence-corrected chi connectivity index (χ4v) is 2.72. The molecule has 1 saturated heterocycles. The number of esters is 1. The molecule has 0 aromatic heterocycles. The summed E-state index contributed by atoms with van der Waals surface area (Å²) in [6.07, 6.45) is 2.22. The Kier molecular flexibility index (Phi) is 3.33. The summed E-state index contributed by atoms with van der Waals surface area (Å²) in [6.45, 7) is 1.50. The van der Waals surface area contributed by atoms with E-state index >= 15 is 0 Å². The van der Waals surface area contributed by atoms with Crippen LogP contribution in [0.2, 0.25) is 0 Å². The lowest BCUT2D eigenvalue weighted by molar-refractivity contribution is -0.184. The highest BCUT2D eigenvalue weighted by atomic mass is 16.7. The summed E-state index contributed by atoms with van der Waals surface area (Å²) in [5, 5.41) is 0. The van der Waals surface area contributed by atoms with Gasteiger partial charge < -0.3 is 14.2 Å². The molecule has 1 aromatic carbocycles. The van der Waals surface area contributed by atoms with E-state index in [2.05, 4.69) is 0 Å². The fourth-order valence-electron chi connectivity index (χ4n) is 2.72. The predicted octanol–water partition coefficient (Wildman–Crippen LogP) is 1.19. The molecule has 1 fully saturated rings. The molecule has 0 N–H and O–H groups in total. The SMILES string of the molecule is BC1(CCC2OCCCO2)OC(=O)c2ccccc21. The van der Waals surface area contributed by atoms with Crippen molar-refractivity contribution >= 4 is 13.8 Å². The minimum atomic E-state index is -0.558. The molecular formula is C14H17BO4. The lowest BCUT2D eigenvalue weighted by Gasteiger charge is -2.28. The molecular weight excluding hydrogens is 243 g/mol. The van der Waals surface area contributed by atoms with Crippen LogP contribution in [0.5, 0.6) is 0 Å². The molecule has 4 nitrogen and oxygen atoms in total. The highest BCUT2D eigenvalue weighted by Crippen LogP contribution is 2.37. The topological polar surface area (TPSA) is 44.8 Å². The first kappa shape index (κ1) is 12.7. The molecule has 1 aromatic rings. The average molecular weight is 260 g/mol. The van der Waals surface area contributed by atoms with Crippen molar-refractivity contribution in [2.24, 2.45) is 0 Å². The molecule has 0 bridgehead atoms. The number of fused-ring (bicyclic) bond motifs is 1. The second-order valence-corrected chi connectivity index (χ2v) is 5.23. The summed E-state index contributed by atoms with van der Waals surface area (Å²) in [7, 11) is 1.96. The molecule has 2 heterocycles. The zero-order chi connectivity index (χ0) is 13.3. The standard InChI is InChI=1S/C14H17BO4/c15-14(7-6-12-17-8-3-9-18-12)11-5-2-1-4-10(11)13(16)19-14/h1-2,4-5,12H,3,6-9,15H2. The van der Waals surface area contributed by atoms with Crippen molar-refractivity contribution in [3.05, 3.63) is 35.4 Å². The van der Waals surface area contributed by atoms with Crippen molar-refractivity contribution in [2.45, 2.75) is 31.1 Å². The largest absolute Gasteiger partial charge is 0.461 e. The maximum Gasteiger partial charge on any atom is 0.338 e. The molecule has 0 saturated carbocycles. The molecule has 2 aliphatic rings. The van der Waals surface area contributed by atoms with E-state index in [4.69, 9.17) is 14.2 Å². The van der Waals surface area contributed by atoms with Gasteiger partial charge in [-0.3, -0.25) is 0 Å². The quantitative estimate of drug-likeness (QED) is 0.604. The number of benzene rings is 1. The van der Waals surface area contributed by atoms with E-state index in [9.17, 15) is 4.79 Å². The Bertz CT molecular complexity index is 484. The Morgan fingerprint density at radius 2 is 2.00 bits per heavy atom. The van der Waals surface area contributed by atoms with Crippen LogP contribution in [0.4, 0.5) is 0 Å². The van der Waals surface area contributed by atoms with E-state index < -0.39 is 5.50 Å². The molecule has 100 valence electrons. The summed E-state index contributed by atoms with van der Waals surface area (Å²) >= 11 is 0. The first-order valence-corrected chi connectivity index (χ1v) is 6.75. The zero-order valence-electron chi connectivity index (χ0n) is 11.1. The summed E-state index contributed by atoms with van der Waals surface area (Å²) in [6, 6.07) is 7.57. The summed E-state index contributed by atoms with van der Waals surface area (Å²) in [5.74, 6) is -0.233. The fraction of sp³-hybridized carbons (Fsp3) is 0.500. The smallest absolute Gasteiger partial charge is 0.338 e. The van der Waals surface area contributed by atoms with E-state index in [1.807, 2.05) is 32.1 Å². The molecule has 1 atom stereocenters. The van der Waals surface area contributed by atoms with Crippen molar-refractivity contribution in [1.29, 1.82) is 0 Å². The number of rotatable bonds is 3. The van der Waals surface area contributed by atoms with E-state index in [-0.39, 0.29) is 12.3 Å². The van der Waals surface area contributed by atoms with Gasteiger partial charge in [0.2, 0.25) is 0 Å². The number of cyclic esters (lactones) is 1. The minimum Gasteiger partial charge on any atom is -0.461 e. The predicted molar refractivity (Wildman–Crippen MR) is 71.6 cm³/mol. The van der Waals surface area contributed by atoms with Gasteiger partial charge in [-0.1, -0.05) is 18.2 Å².